The first-order chi connectivity index (χ1) is 9.82. The maximum Gasteiger partial charge on any atom is 0.472 e. The molecule has 0 unspecified atom stereocenters. The van der Waals surface area contributed by atoms with E-state index in [1.54, 1.807) is 0 Å². The molecule has 13 nitrogen and oxygen atoms in total. The molecule has 0 spiro atoms. The van der Waals surface area contributed by atoms with Gasteiger partial charge in [-0.2, -0.15) is 0 Å². The minimum absolute atomic E-state index is 1.03. The number of phosphoric acid groups is 2. The Labute approximate surface area is 123 Å². The average Bonchev–Trinajstić information content (AvgIpc) is 2.34. The van der Waals surface area contributed by atoms with Crippen LogP contribution in [-0.4, -0.2) is 83.4 Å². The zero-order valence-corrected chi connectivity index (χ0v) is 12.5. The Balaban J connectivity index is 2.80. The van der Waals surface area contributed by atoms with Gasteiger partial charge in [-0.1, -0.05) is 0 Å². The first kappa shape index (κ1) is 20.1. The van der Waals surface area contributed by atoms with E-state index in [9.17, 15) is 29.6 Å². The van der Waals surface area contributed by atoms with Crippen molar-refractivity contribution >= 4 is 15.6 Å². The summed E-state index contributed by atoms with van der Waals surface area (Å²) >= 11 is 0. The first-order valence-electron chi connectivity index (χ1n) is 5.63. The van der Waals surface area contributed by atoms with Crippen LogP contribution in [0, 0.1) is 0 Å². The molecule has 0 aliphatic carbocycles. The van der Waals surface area contributed by atoms with Gasteiger partial charge in [0.2, 0.25) is 0 Å². The zero-order valence-electron chi connectivity index (χ0n) is 10.7. The summed E-state index contributed by atoms with van der Waals surface area (Å²) in [6.07, 6.45) is -11.8. The highest BCUT2D eigenvalue weighted by molar-refractivity contribution is 7.46. The van der Waals surface area contributed by atoms with Gasteiger partial charge in [0.15, 0.2) is 6.29 Å². The maximum absolute atomic E-state index is 10.7. The lowest BCUT2D eigenvalue weighted by molar-refractivity contribution is -0.292. The van der Waals surface area contributed by atoms with E-state index >= 15 is 0 Å². The van der Waals surface area contributed by atoms with Gasteiger partial charge in [-0.05, 0) is 0 Å². The topological polar surface area (TPSA) is 224 Å². The molecule has 1 heterocycles. The predicted molar refractivity (Wildman–Crippen MR) is 63.8 cm³/mol. The first-order valence-corrected chi connectivity index (χ1v) is 8.69. The molecule has 8 N–H and O–H groups in total. The van der Waals surface area contributed by atoms with Crippen LogP contribution in [0.5, 0.6) is 0 Å². The van der Waals surface area contributed by atoms with Crippen molar-refractivity contribution in [2.24, 2.45) is 0 Å². The highest BCUT2D eigenvalue weighted by atomic mass is 31.2. The number of phosphoric ester groups is 2. The quantitative estimate of drug-likeness (QED) is 0.212. The van der Waals surface area contributed by atoms with E-state index in [1.807, 2.05) is 0 Å². The van der Waals surface area contributed by atoms with E-state index in [0.717, 1.165) is 0 Å². The lowest BCUT2D eigenvalue weighted by Gasteiger charge is -2.41. The largest absolute Gasteiger partial charge is 0.472 e. The third-order valence-corrected chi connectivity index (χ3v) is 3.61. The fourth-order valence-electron chi connectivity index (χ4n) is 1.68. The second-order valence-corrected chi connectivity index (χ2v) is 6.82. The minimum Gasteiger partial charge on any atom is -0.388 e. The fourth-order valence-corrected chi connectivity index (χ4v) is 2.47. The number of hydrogen-bond donors (Lipinski definition) is 8. The standard InChI is InChI=1S/C7H16O13P2/c8-2(1-18-21(12,13)14)6-4(10)3(9)5(11)7(19-6)20-22(15,16)17/h2-11H,1H2,(H2,12,13,14)(H2,15,16,17)/t2-,3+,4+,5+,6-,7+/m1/s1. The number of hydrogen-bond acceptors (Lipinski definition) is 9. The number of aliphatic hydroxyl groups excluding tert-OH is 4. The Morgan fingerprint density at radius 3 is 1.95 bits per heavy atom. The monoisotopic (exact) mass is 370 g/mol. The summed E-state index contributed by atoms with van der Waals surface area (Å²) in [5.41, 5.74) is 0. The smallest absolute Gasteiger partial charge is 0.388 e. The summed E-state index contributed by atoms with van der Waals surface area (Å²) in [7, 11) is -10.1. The molecule has 0 saturated carbocycles. The van der Waals surface area contributed by atoms with Crippen molar-refractivity contribution < 1.29 is 62.9 Å². The Morgan fingerprint density at radius 2 is 1.50 bits per heavy atom. The van der Waals surface area contributed by atoms with Gasteiger partial charge >= 0.3 is 15.6 Å². The van der Waals surface area contributed by atoms with Gasteiger partial charge in [0, 0.05) is 0 Å². The number of rotatable bonds is 6. The van der Waals surface area contributed by atoms with Gasteiger partial charge in [-0.15, -0.1) is 0 Å². The second-order valence-electron chi connectivity index (χ2n) is 4.39. The molecule has 0 aromatic heterocycles. The second kappa shape index (κ2) is 7.28. The van der Waals surface area contributed by atoms with Crippen LogP contribution >= 0.6 is 15.6 Å². The van der Waals surface area contributed by atoms with Crippen LogP contribution in [0.4, 0.5) is 0 Å². The zero-order chi connectivity index (χ0) is 17.3. The molecule has 1 aliphatic rings. The normalized spacial score (nSPS) is 35.4. The van der Waals surface area contributed by atoms with Crippen LogP contribution in [0.3, 0.4) is 0 Å². The van der Waals surface area contributed by atoms with Gasteiger partial charge in [0.1, 0.15) is 30.5 Å². The summed E-state index contributed by atoms with van der Waals surface area (Å²) < 4.78 is 34.0. The number of ether oxygens (including phenoxy) is 1. The van der Waals surface area contributed by atoms with Crippen LogP contribution in [0.25, 0.3) is 0 Å². The van der Waals surface area contributed by atoms with Crippen molar-refractivity contribution in [2.75, 3.05) is 6.61 Å². The van der Waals surface area contributed by atoms with Crippen LogP contribution in [0.2, 0.25) is 0 Å². The van der Waals surface area contributed by atoms with Crippen LogP contribution in [0.15, 0.2) is 0 Å². The van der Waals surface area contributed by atoms with Crippen molar-refractivity contribution in [1.82, 2.24) is 0 Å². The highest BCUT2D eigenvalue weighted by Gasteiger charge is 2.49. The Morgan fingerprint density at radius 1 is 0.955 bits per heavy atom. The maximum atomic E-state index is 10.7. The van der Waals surface area contributed by atoms with Gasteiger partial charge in [0.25, 0.3) is 0 Å². The summed E-state index contributed by atoms with van der Waals surface area (Å²) in [6, 6.07) is 0. The molecule has 22 heavy (non-hydrogen) atoms. The SMILES string of the molecule is O=P(O)(O)OC[C@@H](O)[C@H]1O[C@@H](OP(=O)(O)O)[C@@H](O)[C@@H](O)[C@@H]1O. The van der Waals surface area contributed by atoms with Gasteiger partial charge in [0.05, 0.1) is 6.61 Å². The summed E-state index contributed by atoms with van der Waals surface area (Å²) in [6.45, 7) is -1.03. The summed E-state index contributed by atoms with van der Waals surface area (Å²) in [5, 5.41) is 38.3. The fraction of sp³-hybridized carbons (Fsp3) is 1.00. The van der Waals surface area contributed by atoms with Crippen molar-refractivity contribution in [1.29, 1.82) is 0 Å². The lowest BCUT2D eigenvalue weighted by atomic mass is 9.96. The van der Waals surface area contributed by atoms with Crippen LogP contribution in [-0.2, 0) is 22.9 Å². The predicted octanol–water partition coefficient (Wildman–Crippen LogP) is -3.63. The third kappa shape index (κ3) is 5.91. The van der Waals surface area contributed by atoms with E-state index in [1.165, 1.54) is 0 Å². The third-order valence-electron chi connectivity index (χ3n) is 2.64. The molecule has 132 valence electrons. The van der Waals surface area contributed by atoms with E-state index in [-0.39, 0.29) is 0 Å². The molecular formula is C7H16O13P2. The van der Waals surface area contributed by atoms with Crippen molar-refractivity contribution in [3.8, 4) is 0 Å². The molecule has 0 amide bonds. The molecule has 0 aromatic carbocycles. The highest BCUT2D eigenvalue weighted by Crippen LogP contribution is 2.41. The molecule has 0 bridgehead atoms. The molecule has 6 atom stereocenters. The van der Waals surface area contributed by atoms with E-state index < -0.39 is 59.1 Å². The summed E-state index contributed by atoms with van der Waals surface area (Å²) in [5.74, 6) is 0. The van der Waals surface area contributed by atoms with E-state index in [4.69, 9.17) is 24.3 Å². The molecule has 0 aromatic rings. The lowest BCUT2D eigenvalue weighted by Crippen LogP contribution is -2.61. The minimum atomic E-state index is -5.13. The van der Waals surface area contributed by atoms with Crippen molar-refractivity contribution in [3.63, 3.8) is 0 Å². The molecular weight excluding hydrogens is 354 g/mol. The Kier molecular flexibility index (Phi) is 6.64. The van der Waals surface area contributed by atoms with Crippen molar-refractivity contribution in [2.45, 2.75) is 36.8 Å². The van der Waals surface area contributed by atoms with Gasteiger partial charge in [-0.25, -0.2) is 9.13 Å². The van der Waals surface area contributed by atoms with Crippen LogP contribution in [0.1, 0.15) is 0 Å². The summed E-state index contributed by atoms with van der Waals surface area (Å²) in [4.78, 5) is 34.3. The molecule has 1 rings (SSSR count). The van der Waals surface area contributed by atoms with Crippen molar-refractivity contribution in [3.05, 3.63) is 0 Å². The average molecular weight is 370 g/mol. The van der Waals surface area contributed by atoms with E-state index in [0.29, 0.717) is 0 Å². The Bertz CT molecular complexity index is 457. The number of aliphatic hydroxyl groups is 4. The van der Waals surface area contributed by atoms with Gasteiger partial charge < -0.3 is 44.7 Å². The molecule has 0 radical (unpaired) electrons. The Hall–Kier alpha value is 0.0200. The van der Waals surface area contributed by atoms with Gasteiger partial charge in [-0.3, -0.25) is 9.05 Å². The molecule has 1 fully saturated rings. The molecule has 1 aliphatic heterocycles. The van der Waals surface area contributed by atoms with E-state index in [2.05, 4.69) is 9.05 Å². The van der Waals surface area contributed by atoms with Crippen LogP contribution < -0.4 is 0 Å². The molecule has 1 saturated heterocycles. The molecule has 15 heteroatoms.